The van der Waals surface area contributed by atoms with Gasteiger partial charge < -0.3 is 16.0 Å². The maximum Gasteiger partial charge on any atom is 0.242 e. The average Bonchev–Trinajstić information content (AvgIpc) is 2.50. The molecule has 1 aliphatic rings. The lowest BCUT2D eigenvalue weighted by Gasteiger charge is -2.38. The van der Waals surface area contributed by atoms with Gasteiger partial charge in [0.2, 0.25) is 5.91 Å². The Morgan fingerprint density at radius 1 is 1.38 bits per heavy atom. The summed E-state index contributed by atoms with van der Waals surface area (Å²) in [7, 11) is 0. The molecule has 1 heterocycles. The molecule has 1 aromatic carbocycles. The van der Waals surface area contributed by atoms with Crippen molar-refractivity contribution in [3.8, 4) is 0 Å². The third-order valence-electron chi connectivity index (χ3n) is 4.39. The number of carbonyl (C=O) groups is 1. The summed E-state index contributed by atoms with van der Waals surface area (Å²) in [5.74, 6) is 0.0904. The van der Waals surface area contributed by atoms with Gasteiger partial charge in [0.15, 0.2) is 0 Å². The minimum absolute atomic E-state index is 0.0864. The number of benzene rings is 1. The lowest BCUT2D eigenvalue weighted by Crippen LogP contribution is -2.53. The van der Waals surface area contributed by atoms with Crippen LogP contribution in [0.5, 0.6) is 0 Å². The van der Waals surface area contributed by atoms with Gasteiger partial charge in [-0.25, -0.2) is 0 Å². The molecule has 2 unspecified atom stereocenters. The van der Waals surface area contributed by atoms with Crippen molar-refractivity contribution in [2.45, 2.75) is 58.2 Å². The van der Waals surface area contributed by atoms with Gasteiger partial charge in [0.05, 0.1) is 0 Å². The number of carbonyl (C=O) groups excluding carboxylic acids is 1. The third kappa shape index (κ3) is 3.56. The first-order chi connectivity index (χ1) is 10.1. The second-order valence-corrected chi connectivity index (χ2v) is 5.94. The fourth-order valence-electron chi connectivity index (χ4n) is 2.98. The third-order valence-corrected chi connectivity index (χ3v) is 4.39. The summed E-state index contributed by atoms with van der Waals surface area (Å²) in [5, 5.41) is 3.14. The first-order valence-electron chi connectivity index (χ1n) is 7.97. The highest BCUT2D eigenvalue weighted by Gasteiger charge is 2.29. The first kappa shape index (κ1) is 15.8. The Kier molecular flexibility index (Phi) is 5.23. The molecular formula is C17H27N3O. The van der Waals surface area contributed by atoms with E-state index >= 15 is 0 Å². The van der Waals surface area contributed by atoms with Crippen molar-refractivity contribution < 1.29 is 4.79 Å². The first-order valence-corrected chi connectivity index (χ1v) is 7.97. The molecule has 0 aliphatic carbocycles. The topological polar surface area (TPSA) is 58.4 Å². The largest absolute Gasteiger partial charge is 0.358 e. The molecular weight excluding hydrogens is 262 g/mol. The van der Waals surface area contributed by atoms with Gasteiger partial charge in [-0.1, -0.05) is 32.0 Å². The van der Waals surface area contributed by atoms with E-state index in [1.807, 2.05) is 19.1 Å². The molecule has 4 nitrogen and oxygen atoms in total. The number of rotatable bonds is 5. The number of fused-ring (bicyclic) bond motifs is 1. The van der Waals surface area contributed by atoms with Crippen LogP contribution in [0.15, 0.2) is 24.3 Å². The number of nitrogens with one attached hydrogen (secondary N) is 1. The molecule has 116 valence electrons. The van der Waals surface area contributed by atoms with Crippen LogP contribution in [-0.4, -0.2) is 30.6 Å². The van der Waals surface area contributed by atoms with E-state index in [2.05, 4.69) is 36.2 Å². The second kappa shape index (κ2) is 6.94. The Morgan fingerprint density at radius 3 is 2.71 bits per heavy atom. The molecule has 3 N–H and O–H groups in total. The standard InChI is InChI=1S/C17H27N3O/c1-4-15(5-2)19-17(21)12(3)20-11-14(18)10-13-8-6-7-9-16(13)20/h6-9,12,14-15H,4-5,10-11,18H2,1-3H3,(H,19,21). The van der Waals surface area contributed by atoms with Crippen molar-refractivity contribution in [2.75, 3.05) is 11.4 Å². The quantitative estimate of drug-likeness (QED) is 0.872. The van der Waals surface area contributed by atoms with Gasteiger partial charge in [0.25, 0.3) is 0 Å². The van der Waals surface area contributed by atoms with Crippen LogP contribution in [-0.2, 0) is 11.2 Å². The maximum absolute atomic E-state index is 12.5. The summed E-state index contributed by atoms with van der Waals surface area (Å²) in [6.45, 7) is 6.90. The molecule has 1 amide bonds. The maximum atomic E-state index is 12.5. The molecule has 0 saturated heterocycles. The number of anilines is 1. The highest BCUT2D eigenvalue weighted by atomic mass is 16.2. The minimum Gasteiger partial charge on any atom is -0.358 e. The Labute approximate surface area is 127 Å². The van der Waals surface area contributed by atoms with Gasteiger partial charge in [0.1, 0.15) is 6.04 Å². The van der Waals surface area contributed by atoms with Gasteiger partial charge in [0, 0.05) is 24.3 Å². The van der Waals surface area contributed by atoms with E-state index in [0.717, 1.165) is 31.5 Å². The van der Waals surface area contributed by atoms with Gasteiger partial charge in [-0.3, -0.25) is 4.79 Å². The highest BCUT2D eigenvalue weighted by molar-refractivity contribution is 5.85. The Morgan fingerprint density at radius 2 is 2.05 bits per heavy atom. The number of nitrogens with zero attached hydrogens (tertiary/aromatic N) is 1. The van der Waals surface area contributed by atoms with Crippen LogP contribution >= 0.6 is 0 Å². The smallest absolute Gasteiger partial charge is 0.242 e. The van der Waals surface area contributed by atoms with E-state index in [-0.39, 0.29) is 24.0 Å². The summed E-state index contributed by atoms with van der Waals surface area (Å²) in [6, 6.07) is 8.39. The zero-order chi connectivity index (χ0) is 15.4. The molecule has 0 fully saturated rings. The van der Waals surface area contributed by atoms with Gasteiger partial charge in [-0.15, -0.1) is 0 Å². The van der Waals surface area contributed by atoms with E-state index in [1.54, 1.807) is 0 Å². The summed E-state index contributed by atoms with van der Waals surface area (Å²) < 4.78 is 0. The molecule has 2 atom stereocenters. The predicted molar refractivity (Wildman–Crippen MR) is 87.4 cm³/mol. The van der Waals surface area contributed by atoms with Crippen LogP contribution < -0.4 is 16.0 Å². The zero-order valence-corrected chi connectivity index (χ0v) is 13.3. The monoisotopic (exact) mass is 289 g/mol. The van der Waals surface area contributed by atoms with Crippen LogP contribution in [0.3, 0.4) is 0 Å². The van der Waals surface area contributed by atoms with E-state index in [9.17, 15) is 4.79 Å². The van der Waals surface area contributed by atoms with Crippen LogP contribution in [0.25, 0.3) is 0 Å². The molecule has 21 heavy (non-hydrogen) atoms. The minimum atomic E-state index is -0.196. The number of hydrogen-bond donors (Lipinski definition) is 2. The van der Waals surface area contributed by atoms with Crippen LogP contribution in [0.1, 0.15) is 39.2 Å². The molecule has 2 rings (SSSR count). The van der Waals surface area contributed by atoms with Crippen molar-refractivity contribution in [2.24, 2.45) is 5.73 Å². The molecule has 1 aliphatic heterocycles. The van der Waals surface area contributed by atoms with Gasteiger partial charge >= 0.3 is 0 Å². The van der Waals surface area contributed by atoms with Crippen molar-refractivity contribution in [3.63, 3.8) is 0 Å². The van der Waals surface area contributed by atoms with E-state index in [4.69, 9.17) is 5.73 Å². The molecule has 0 aromatic heterocycles. The van der Waals surface area contributed by atoms with Crippen molar-refractivity contribution >= 4 is 11.6 Å². The summed E-state index contributed by atoms with van der Waals surface area (Å²) in [5.41, 5.74) is 8.54. The lowest BCUT2D eigenvalue weighted by molar-refractivity contribution is -0.122. The van der Waals surface area contributed by atoms with E-state index < -0.39 is 0 Å². The van der Waals surface area contributed by atoms with Crippen LogP contribution in [0.2, 0.25) is 0 Å². The second-order valence-electron chi connectivity index (χ2n) is 5.94. The predicted octanol–water partition coefficient (Wildman–Crippen LogP) is 2.07. The van der Waals surface area contributed by atoms with Gasteiger partial charge in [-0.2, -0.15) is 0 Å². The molecule has 0 bridgehead atoms. The van der Waals surface area contributed by atoms with Crippen molar-refractivity contribution in [1.82, 2.24) is 5.32 Å². The van der Waals surface area contributed by atoms with E-state index in [0.29, 0.717) is 0 Å². The Balaban J connectivity index is 2.15. The SMILES string of the molecule is CCC(CC)NC(=O)C(C)N1CC(N)Cc2ccccc21. The zero-order valence-electron chi connectivity index (χ0n) is 13.3. The highest BCUT2D eigenvalue weighted by Crippen LogP contribution is 2.28. The summed E-state index contributed by atoms with van der Waals surface area (Å²) >= 11 is 0. The number of hydrogen-bond acceptors (Lipinski definition) is 3. The molecule has 4 heteroatoms. The fourth-order valence-corrected chi connectivity index (χ4v) is 2.98. The summed E-state index contributed by atoms with van der Waals surface area (Å²) in [4.78, 5) is 14.6. The van der Waals surface area contributed by atoms with E-state index in [1.165, 1.54) is 5.56 Å². The number of amides is 1. The van der Waals surface area contributed by atoms with Crippen molar-refractivity contribution in [3.05, 3.63) is 29.8 Å². The Bertz CT molecular complexity index is 485. The lowest BCUT2D eigenvalue weighted by atomic mass is 9.97. The van der Waals surface area contributed by atoms with Crippen LogP contribution in [0, 0.1) is 0 Å². The summed E-state index contributed by atoms with van der Waals surface area (Å²) in [6.07, 6.45) is 2.81. The molecule has 0 spiro atoms. The number of para-hydroxylation sites is 1. The number of nitrogens with two attached hydrogens (primary N) is 1. The fraction of sp³-hybridized carbons (Fsp3) is 0.588. The molecule has 0 saturated carbocycles. The molecule has 1 aromatic rings. The Hall–Kier alpha value is -1.55. The normalized spacial score (nSPS) is 19.3. The van der Waals surface area contributed by atoms with Gasteiger partial charge in [-0.05, 0) is 37.8 Å². The average molecular weight is 289 g/mol. The van der Waals surface area contributed by atoms with Crippen LogP contribution in [0.4, 0.5) is 5.69 Å². The molecule has 0 radical (unpaired) electrons. The van der Waals surface area contributed by atoms with Crippen molar-refractivity contribution in [1.29, 1.82) is 0 Å².